The molecule has 0 aliphatic heterocycles. The molecule has 1 N–H and O–H groups in total. The molecule has 1 aliphatic carbocycles. The average Bonchev–Trinajstić information content (AvgIpc) is 2.67. The molecule has 1 amide bonds. The number of fused-ring (bicyclic) bond motifs is 1. The summed E-state index contributed by atoms with van der Waals surface area (Å²) in [5, 5.41) is 0. The van der Waals surface area contributed by atoms with E-state index in [1.807, 2.05) is 43.3 Å². The maximum Gasteiger partial charge on any atom is 0.242 e. The first-order valence-electron chi connectivity index (χ1n) is 8.98. The second-order valence-corrected chi connectivity index (χ2v) is 8.20. The summed E-state index contributed by atoms with van der Waals surface area (Å²) in [5.41, 5.74) is 3.09. The number of nitrogens with zero attached hydrogens (tertiary/aromatic N) is 1. The van der Waals surface area contributed by atoms with Crippen molar-refractivity contribution in [3.8, 4) is 0 Å². The highest BCUT2D eigenvalue weighted by Crippen LogP contribution is 2.24. The van der Waals surface area contributed by atoms with Gasteiger partial charge in [-0.3, -0.25) is 4.79 Å². The van der Waals surface area contributed by atoms with Crippen LogP contribution in [0.15, 0.2) is 53.4 Å². The van der Waals surface area contributed by atoms with Gasteiger partial charge in [-0.15, -0.1) is 0 Å². The number of carbonyl (C=O) groups excluding carboxylic acids is 1. The first kappa shape index (κ1) is 18.6. The Morgan fingerprint density at radius 1 is 1.04 bits per heavy atom. The molecule has 0 aromatic heterocycles. The standard InChI is InChI=1S/C20H24N2O3S/c1-2-22(18-10-4-3-5-11-18)20(23)15-21-26(24,25)19-13-12-16-8-6-7-9-17(16)14-19/h3-5,10-14,21H,2,6-9,15H2,1H3. The van der Waals surface area contributed by atoms with E-state index in [9.17, 15) is 13.2 Å². The Hall–Kier alpha value is -2.18. The number of aryl methyl sites for hydroxylation is 2. The molecule has 2 aromatic carbocycles. The van der Waals surface area contributed by atoms with Crippen LogP contribution in [0, 0.1) is 0 Å². The lowest BCUT2D eigenvalue weighted by Gasteiger charge is -2.21. The summed E-state index contributed by atoms with van der Waals surface area (Å²) in [4.78, 5) is 14.3. The third-order valence-electron chi connectivity index (χ3n) is 4.73. The first-order valence-corrected chi connectivity index (χ1v) is 10.5. The molecule has 0 heterocycles. The normalized spacial score (nSPS) is 13.9. The molecular formula is C20H24N2O3S. The Kier molecular flexibility index (Phi) is 5.74. The zero-order valence-electron chi connectivity index (χ0n) is 14.9. The molecule has 26 heavy (non-hydrogen) atoms. The van der Waals surface area contributed by atoms with Crippen molar-refractivity contribution >= 4 is 21.6 Å². The van der Waals surface area contributed by atoms with Crippen molar-refractivity contribution in [1.82, 2.24) is 4.72 Å². The molecule has 0 atom stereocenters. The molecule has 1 aliphatic rings. The number of carbonyl (C=O) groups is 1. The van der Waals surface area contributed by atoms with E-state index in [0.29, 0.717) is 6.54 Å². The van der Waals surface area contributed by atoms with E-state index in [4.69, 9.17) is 0 Å². The summed E-state index contributed by atoms with van der Waals surface area (Å²) in [5.74, 6) is -0.278. The number of hydrogen-bond donors (Lipinski definition) is 1. The van der Waals surface area contributed by atoms with Crippen LogP contribution >= 0.6 is 0 Å². The van der Waals surface area contributed by atoms with Crippen molar-refractivity contribution < 1.29 is 13.2 Å². The zero-order valence-corrected chi connectivity index (χ0v) is 15.8. The molecule has 0 spiro atoms. The Balaban J connectivity index is 1.70. The van der Waals surface area contributed by atoms with Gasteiger partial charge in [-0.2, -0.15) is 0 Å². The van der Waals surface area contributed by atoms with Gasteiger partial charge in [0, 0.05) is 12.2 Å². The summed E-state index contributed by atoms with van der Waals surface area (Å²) in [7, 11) is -3.71. The first-order chi connectivity index (χ1) is 12.5. The maximum absolute atomic E-state index is 12.6. The highest BCUT2D eigenvalue weighted by atomic mass is 32.2. The fourth-order valence-electron chi connectivity index (χ4n) is 3.32. The molecule has 0 bridgehead atoms. The minimum absolute atomic E-state index is 0.230. The molecule has 6 heteroatoms. The molecule has 0 radical (unpaired) electrons. The maximum atomic E-state index is 12.6. The summed E-state index contributed by atoms with van der Waals surface area (Å²) in [6, 6.07) is 14.5. The van der Waals surface area contributed by atoms with E-state index >= 15 is 0 Å². The average molecular weight is 372 g/mol. The monoisotopic (exact) mass is 372 g/mol. The molecule has 0 saturated heterocycles. The van der Waals surface area contributed by atoms with Gasteiger partial charge < -0.3 is 4.90 Å². The van der Waals surface area contributed by atoms with Crippen LogP contribution in [0.3, 0.4) is 0 Å². The van der Waals surface area contributed by atoms with Crippen LogP contribution in [-0.2, 0) is 27.7 Å². The van der Waals surface area contributed by atoms with Gasteiger partial charge in [-0.25, -0.2) is 13.1 Å². The highest BCUT2D eigenvalue weighted by Gasteiger charge is 2.20. The molecule has 0 saturated carbocycles. The number of rotatable bonds is 6. The number of para-hydroxylation sites is 1. The highest BCUT2D eigenvalue weighted by molar-refractivity contribution is 7.89. The van der Waals surface area contributed by atoms with E-state index < -0.39 is 10.0 Å². The minimum Gasteiger partial charge on any atom is -0.312 e. The number of nitrogens with one attached hydrogen (secondary N) is 1. The van der Waals surface area contributed by atoms with Crippen LogP contribution in [0.5, 0.6) is 0 Å². The van der Waals surface area contributed by atoms with Crippen LogP contribution in [0.4, 0.5) is 5.69 Å². The molecular weight excluding hydrogens is 348 g/mol. The number of amides is 1. The lowest BCUT2D eigenvalue weighted by Crippen LogP contribution is -2.40. The van der Waals surface area contributed by atoms with Crippen molar-refractivity contribution in [3.63, 3.8) is 0 Å². The third-order valence-corrected chi connectivity index (χ3v) is 6.13. The Bertz CT molecular complexity index is 879. The minimum atomic E-state index is -3.71. The summed E-state index contributed by atoms with van der Waals surface area (Å²) >= 11 is 0. The van der Waals surface area contributed by atoms with E-state index in [1.165, 1.54) is 5.56 Å². The van der Waals surface area contributed by atoms with Gasteiger partial charge in [-0.1, -0.05) is 24.3 Å². The van der Waals surface area contributed by atoms with Gasteiger partial charge in [0.1, 0.15) is 0 Å². The van der Waals surface area contributed by atoms with E-state index in [2.05, 4.69) is 4.72 Å². The molecule has 5 nitrogen and oxygen atoms in total. The lowest BCUT2D eigenvalue weighted by molar-refractivity contribution is -0.117. The summed E-state index contributed by atoms with van der Waals surface area (Å²) in [6.07, 6.45) is 4.16. The molecule has 2 aromatic rings. The van der Waals surface area contributed by atoms with E-state index in [-0.39, 0.29) is 17.3 Å². The predicted octanol–water partition coefficient (Wildman–Crippen LogP) is 2.90. The molecule has 0 unspecified atom stereocenters. The van der Waals surface area contributed by atoms with Gasteiger partial charge in [0.2, 0.25) is 15.9 Å². The summed E-state index contributed by atoms with van der Waals surface area (Å²) < 4.78 is 27.6. The van der Waals surface area contributed by atoms with Crippen molar-refractivity contribution in [3.05, 3.63) is 59.7 Å². The van der Waals surface area contributed by atoms with Crippen LogP contribution in [-0.4, -0.2) is 27.4 Å². The van der Waals surface area contributed by atoms with Gasteiger partial charge in [-0.05, 0) is 68.0 Å². The van der Waals surface area contributed by atoms with Crippen LogP contribution in [0.1, 0.15) is 30.9 Å². The summed E-state index contributed by atoms with van der Waals surface area (Å²) in [6.45, 7) is 2.08. The van der Waals surface area contributed by atoms with Crippen molar-refractivity contribution in [2.45, 2.75) is 37.5 Å². The topological polar surface area (TPSA) is 66.5 Å². The van der Waals surface area contributed by atoms with Crippen LogP contribution < -0.4 is 9.62 Å². The molecule has 138 valence electrons. The van der Waals surface area contributed by atoms with Gasteiger partial charge >= 0.3 is 0 Å². The Labute approximate surface area is 155 Å². The third kappa shape index (κ3) is 4.14. The number of hydrogen-bond acceptors (Lipinski definition) is 3. The van der Waals surface area contributed by atoms with Gasteiger partial charge in [0.15, 0.2) is 0 Å². The number of sulfonamides is 1. The zero-order chi connectivity index (χ0) is 18.6. The van der Waals surface area contributed by atoms with Crippen LogP contribution in [0.2, 0.25) is 0 Å². The Morgan fingerprint density at radius 3 is 2.42 bits per heavy atom. The second-order valence-electron chi connectivity index (χ2n) is 6.44. The van der Waals surface area contributed by atoms with E-state index in [0.717, 1.165) is 36.9 Å². The fourth-order valence-corrected chi connectivity index (χ4v) is 4.35. The van der Waals surface area contributed by atoms with E-state index in [1.54, 1.807) is 17.0 Å². The van der Waals surface area contributed by atoms with Crippen molar-refractivity contribution in [1.29, 1.82) is 0 Å². The van der Waals surface area contributed by atoms with Gasteiger partial charge in [0.25, 0.3) is 0 Å². The smallest absolute Gasteiger partial charge is 0.242 e. The number of benzene rings is 2. The SMILES string of the molecule is CCN(C(=O)CNS(=O)(=O)c1ccc2c(c1)CCCC2)c1ccccc1. The predicted molar refractivity (Wildman–Crippen MR) is 103 cm³/mol. The lowest BCUT2D eigenvalue weighted by atomic mass is 9.92. The molecule has 3 rings (SSSR count). The van der Waals surface area contributed by atoms with Crippen molar-refractivity contribution in [2.24, 2.45) is 0 Å². The van der Waals surface area contributed by atoms with Crippen molar-refractivity contribution in [2.75, 3.05) is 18.0 Å². The second kappa shape index (κ2) is 8.01. The fraction of sp³-hybridized carbons (Fsp3) is 0.350. The number of likely N-dealkylation sites (N-methyl/N-ethyl adjacent to an activating group) is 1. The van der Waals surface area contributed by atoms with Crippen LogP contribution in [0.25, 0.3) is 0 Å². The Morgan fingerprint density at radius 2 is 1.73 bits per heavy atom. The van der Waals surface area contributed by atoms with Gasteiger partial charge in [0.05, 0.1) is 11.4 Å². The quantitative estimate of drug-likeness (QED) is 0.848. The molecule has 0 fully saturated rings. The number of anilines is 1. The largest absolute Gasteiger partial charge is 0.312 e.